The standard InChI is InChI=1S/C19H16F2N2O4S/c1-25-15-6-10(7-16(26-2)17(15)27-3)18(24)23-19-22-14(9-28-19)12-8-11(20)4-5-13(12)21/h4-9H,1-3H3,(H,22,23,24). The first-order valence-corrected chi connectivity index (χ1v) is 8.87. The highest BCUT2D eigenvalue weighted by Gasteiger charge is 2.18. The first-order chi connectivity index (χ1) is 13.5. The topological polar surface area (TPSA) is 69.7 Å². The molecule has 6 nitrogen and oxygen atoms in total. The van der Waals surface area contributed by atoms with Gasteiger partial charge >= 0.3 is 0 Å². The Morgan fingerprint density at radius 2 is 1.71 bits per heavy atom. The molecule has 1 heterocycles. The molecular weight excluding hydrogens is 390 g/mol. The number of ether oxygens (including phenoxy) is 3. The summed E-state index contributed by atoms with van der Waals surface area (Å²) in [6.45, 7) is 0. The number of carbonyl (C=O) groups excluding carboxylic acids is 1. The van der Waals surface area contributed by atoms with E-state index in [4.69, 9.17) is 14.2 Å². The number of benzene rings is 2. The molecule has 0 radical (unpaired) electrons. The molecule has 9 heteroatoms. The Morgan fingerprint density at radius 1 is 1.04 bits per heavy atom. The second-order valence-corrected chi connectivity index (χ2v) is 6.39. The van der Waals surface area contributed by atoms with E-state index in [0.29, 0.717) is 17.2 Å². The van der Waals surface area contributed by atoms with E-state index in [2.05, 4.69) is 10.3 Å². The van der Waals surface area contributed by atoms with E-state index in [1.54, 1.807) is 0 Å². The Balaban J connectivity index is 1.86. The maximum atomic E-state index is 13.9. The number of rotatable bonds is 6. The number of aromatic nitrogens is 1. The number of thiazole rings is 1. The normalized spacial score (nSPS) is 10.5. The predicted octanol–water partition coefficient (Wildman–Crippen LogP) is 4.37. The van der Waals surface area contributed by atoms with E-state index in [1.807, 2.05) is 0 Å². The number of nitrogens with zero attached hydrogens (tertiary/aromatic N) is 1. The fourth-order valence-electron chi connectivity index (χ4n) is 2.53. The number of methoxy groups -OCH3 is 3. The van der Waals surface area contributed by atoms with Crippen LogP contribution in [0.3, 0.4) is 0 Å². The third kappa shape index (κ3) is 3.89. The zero-order valence-corrected chi connectivity index (χ0v) is 16.0. The average molecular weight is 406 g/mol. The Bertz CT molecular complexity index is 998. The highest BCUT2D eigenvalue weighted by Crippen LogP contribution is 2.38. The summed E-state index contributed by atoms with van der Waals surface area (Å²) in [5, 5.41) is 4.39. The third-order valence-electron chi connectivity index (χ3n) is 3.86. The van der Waals surface area contributed by atoms with Crippen LogP contribution in [0.2, 0.25) is 0 Å². The van der Waals surface area contributed by atoms with E-state index in [1.165, 1.54) is 38.8 Å². The number of anilines is 1. The van der Waals surface area contributed by atoms with Gasteiger partial charge in [0.1, 0.15) is 11.6 Å². The molecule has 0 aliphatic carbocycles. The van der Waals surface area contributed by atoms with E-state index in [0.717, 1.165) is 29.5 Å². The fraction of sp³-hybridized carbons (Fsp3) is 0.158. The lowest BCUT2D eigenvalue weighted by molar-refractivity contribution is 0.102. The van der Waals surface area contributed by atoms with Gasteiger partial charge in [0.2, 0.25) is 5.75 Å². The molecule has 146 valence electrons. The molecule has 0 aliphatic heterocycles. The van der Waals surface area contributed by atoms with Gasteiger partial charge in [-0.2, -0.15) is 0 Å². The summed E-state index contributed by atoms with van der Waals surface area (Å²) >= 11 is 1.09. The lowest BCUT2D eigenvalue weighted by atomic mass is 10.1. The van der Waals surface area contributed by atoms with Crippen LogP contribution < -0.4 is 19.5 Å². The molecule has 0 unspecified atom stereocenters. The Kier molecular flexibility index (Phi) is 5.74. The van der Waals surface area contributed by atoms with Crippen molar-refractivity contribution < 1.29 is 27.8 Å². The summed E-state index contributed by atoms with van der Waals surface area (Å²) in [4.78, 5) is 16.7. The molecule has 3 aromatic rings. The first kappa shape index (κ1) is 19.6. The highest BCUT2D eigenvalue weighted by molar-refractivity contribution is 7.14. The van der Waals surface area contributed by atoms with Gasteiger partial charge in [-0.1, -0.05) is 0 Å². The van der Waals surface area contributed by atoms with Crippen molar-refractivity contribution in [1.82, 2.24) is 4.98 Å². The van der Waals surface area contributed by atoms with Crippen LogP contribution >= 0.6 is 11.3 Å². The van der Waals surface area contributed by atoms with Crippen LogP contribution in [0.25, 0.3) is 11.3 Å². The maximum absolute atomic E-state index is 13.9. The van der Waals surface area contributed by atoms with Gasteiger partial charge in [-0.05, 0) is 30.3 Å². The molecule has 0 bridgehead atoms. The molecule has 1 N–H and O–H groups in total. The molecule has 2 aromatic carbocycles. The molecule has 1 amide bonds. The number of amides is 1. The summed E-state index contributed by atoms with van der Waals surface area (Å²) in [6.07, 6.45) is 0. The Hall–Kier alpha value is -3.20. The lowest BCUT2D eigenvalue weighted by Crippen LogP contribution is -2.12. The van der Waals surface area contributed by atoms with Crippen LogP contribution in [0.1, 0.15) is 10.4 Å². The van der Waals surface area contributed by atoms with Crippen LogP contribution in [0, 0.1) is 11.6 Å². The highest BCUT2D eigenvalue weighted by atomic mass is 32.1. The monoisotopic (exact) mass is 406 g/mol. The van der Waals surface area contributed by atoms with Gasteiger partial charge in [-0.15, -0.1) is 11.3 Å². The Labute approximate surface area is 163 Å². The minimum atomic E-state index is -0.603. The van der Waals surface area contributed by atoms with E-state index in [-0.39, 0.29) is 22.0 Å². The zero-order valence-electron chi connectivity index (χ0n) is 15.2. The molecule has 0 saturated heterocycles. The summed E-state index contributed by atoms with van der Waals surface area (Å²) in [7, 11) is 4.35. The van der Waals surface area contributed by atoms with Crippen molar-refractivity contribution in [3.63, 3.8) is 0 Å². The van der Waals surface area contributed by atoms with E-state index >= 15 is 0 Å². The third-order valence-corrected chi connectivity index (χ3v) is 4.61. The van der Waals surface area contributed by atoms with Crippen LogP contribution in [0.5, 0.6) is 17.2 Å². The van der Waals surface area contributed by atoms with Gasteiger partial charge in [-0.25, -0.2) is 13.8 Å². The van der Waals surface area contributed by atoms with Crippen LogP contribution in [0.4, 0.5) is 13.9 Å². The molecular formula is C19H16F2N2O4S. The van der Waals surface area contributed by atoms with E-state index < -0.39 is 17.5 Å². The van der Waals surface area contributed by atoms with Crippen molar-refractivity contribution in [3.05, 3.63) is 52.9 Å². The summed E-state index contributed by atoms with van der Waals surface area (Å²) in [5.41, 5.74) is 0.495. The van der Waals surface area contributed by atoms with Crippen molar-refractivity contribution in [3.8, 4) is 28.5 Å². The van der Waals surface area contributed by atoms with Crippen LogP contribution in [-0.4, -0.2) is 32.2 Å². The molecule has 1 aromatic heterocycles. The van der Waals surface area contributed by atoms with Gasteiger partial charge in [-0.3, -0.25) is 10.1 Å². The largest absolute Gasteiger partial charge is 0.493 e. The number of hydrogen-bond donors (Lipinski definition) is 1. The number of hydrogen-bond acceptors (Lipinski definition) is 6. The van der Waals surface area contributed by atoms with Crippen LogP contribution in [0.15, 0.2) is 35.7 Å². The molecule has 28 heavy (non-hydrogen) atoms. The zero-order chi connectivity index (χ0) is 20.3. The van der Waals surface area contributed by atoms with Gasteiger partial charge in [0.15, 0.2) is 16.6 Å². The second-order valence-electron chi connectivity index (χ2n) is 5.53. The van der Waals surface area contributed by atoms with Crippen molar-refractivity contribution in [2.75, 3.05) is 26.6 Å². The minimum Gasteiger partial charge on any atom is -0.493 e. The van der Waals surface area contributed by atoms with Crippen molar-refractivity contribution in [2.45, 2.75) is 0 Å². The number of carbonyl (C=O) groups is 1. The predicted molar refractivity (Wildman–Crippen MR) is 102 cm³/mol. The number of halogens is 2. The van der Waals surface area contributed by atoms with Crippen LogP contribution in [-0.2, 0) is 0 Å². The maximum Gasteiger partial charge on any atom is 0.257 e. The number of nitrogens with one attached hydrogen (secondary N) is 1. The quantitative estimate of drug-likeness (QED) is 0.659. The first-order valence-electron chi connectivity index (χ1n) is 7.99. The minimum absolute atomic E-state index is 0.0181. The lowest BCUT2D eigenvalue weighted by Gasteiger charge is -2.13. The average Bonchev–Trinajstić information content (AvgIpc) is 3.16. The summed E-state index contributed by atoms with van der Waals surface area (Å²) < 4.78 is 43.0. The summed E-state index contributed by atoms with van der Waals surface area (Å²) in [5.74, 6) is -0.636. The molecule has 0 aliphatic rings. The van der Waals surface area contributed by atoms with Crippen molar-refractivity contribution >= 4 is 22.4 Å². The molecule has 0 atom stereocenters. The van der Waals surface area contributed by atoms with Gasteiger partial charge in [0, 0.05) is 16.5 Å². The van der Waals surface area contributed by atoms with Gasteiger partial charge < -0.3 is 14.2 Å². The summed E-state index contributed by atoms with van der Waals surface area (Å²) in [6, 6.07) is 6.10. The van der Waals surface area contributed by atoms with Crippen molar-refractivity contribution in [2.24, 2.45) is 0 Å². The van der Waals surface area contributed by atoms with Crippen molar-refractivity contribution in [1.29, 1.82) is 0 Å². The van der Waals surface area contributed by atoms with Gasteiger partial charge in [0.05, 0.1) is 27.0 Å². The Morgan fingerprint density at radius 3 is 2.32 bits per heavy atom. The smallest absolute Gasteiger partial charge is 0.257 e. The molecule has 0 spiro atoms. The molecule has 3 rings (SSSR count). The fourth-order valence-corrected chi connectivity index (χ4v) is 3.24. The molecule has 0 fully saturated rings. The molecule has 0 saturated carbocycles. The second kappa shape index (κ2) is 8.22. The van der Waals surface area contributed by atoms with Gasteiger partial charge in [0.25, 0.3) is 5.91 Å². The van der Waals surface area contributed by atoms with E-state index in [9.17, 15) is 13.6 Å². The SMILES string of the molecule is COc1cc(C(=O)Nc2nc(-c3cc(F)ccc3F)cs2)cc(OC)c1OC.